The molecule has 0 saturated carbocycles. The molecule has 0 N–H and O–H groups in total. The molecule has 0 aliphatic carbocycles. The molecule has 1 aromatic carbocycles. The predicted octanol–water partition coefficient (Wildman–Crippen LogP) is 2.70. The maximum absolute atomic E-state index is 13.3. The van der Waals surface area contributed by atoms with E-state index in [-0.39, 0.29) is 18.0 Å². The van der Waals surface area contributed by atoms with E-state index in [0.29, 0.717) is 12.4 Å². The summed E-state index contributed by atoms with van der Waals surface area (Å²) in [5.41, 5.74) is 0. The van der Waals surface area contributed by atoms with Crippen molar-refractivity contribution in [3.63, 3.8) is 0 Å². The lowest BCUT2D eigenvalue weighted by Crippen LogP contribution is -2.45. The molecule has 0 radical (unpaired) electrons. The first kappa shape index (κ1) is 14.3. The predicted molar refractivity (Wildman–Crippen MR) is 73.0 cm³/mol. The molecular weight excluding hydrogens is 245 g/mol. The third-order valence-corrected chi connectivity index (χ3v) is 3.21. The van der Waals surface area contributed by atoms with Crippen LogP contribution in [0.5, 0.6) is 5.75 Å². The second-order valence-corrected chi connectivity index (χ2v) is 5.15. The highest BCUT2D eigenvalue weighted by atomic mass is 19.1. The van der Waals surface area contributed by atoms with Crippen LogP contribution in [0.1, 0.15) is 20.3 Å². The maximum Gasteiger partial charge on any atom is 0.165 e. The Kier molecular flexibility index (Phi) is 5.16. The van der Waals surface area contributed by atoms with Gasteiger partial charge in [0, 0.05) is 19.6 Å². The Bertz CT molecular complexity index is 389. The molecule has 0 unspecified atom stereocenters. The van der Waals surface area contributed by atoms with Crippen LogP contribution in [0.4, 0.5) is 4.39 Å². The van der Waals surface area contributed by atoms with Crippen molar-refractivity contribution < 1.29 is 13.9 Å². The Morgan fingerprint density at radius 3 is 2.63 bits per heavy atom. The highest BCUT2D eigenvalue weighted by molar-refractivity contribution is 5.23. The molecule has 0 amide bonds. The summed E-state index contributed by atoms with van der Waals surface area (Å²) < 4.78 is 24.5. The SMILES string of the molecule is C[C@@H]1CN(CCCOc2ccccc2F)C[C@H](C)O1. The topological polar surface area (TPSA) is 21.7 Å². The highest BCUT2D eigenvalue weighted by Crippen LogP contribution is 2.16. The molecule has 0 bridgehead atoms. The molecule has 2 rings (SSSR count). The van der Waals surface area contributed by atoms with Crippen LogP contribution in [0.25, 0.3) is 0 Å². The minimum Gasteiger partial charge on any atom is -0.490 e. The lowest BCUT2D eigenvalue weighted by molar-refractivity contribution is -0.0686. The molecule has 0 aromatic heterocycles. The third-order valence-electron chi connectivity index (χ3n) is 3.21. The van der Waals surface area contributed by atoms with E-state index in [1.54, 1.807) is 18.2 Å². The Hall–Kier alpha value is -1.13. The minimum absolute atomic E-state index is 0.288. The molecule has 1 saturated heterocycles. The van der Waals surface area contributed by atoms with E-state index in [2.05, 4.69) is 18.7 Å². The summed E-state index contributed by atoms with van der Waals surface area (Å²) in [7, 11) is 0. The van der Waals surface area contributed by atoms with Gasteiger partial charge in [0.15, 0.2) is 11.6 Å². The molecule has 19 heavy (non-hydrogen) atoms. The van der Waals surface area contributed by atoms with Crippen LogP contribution in [0.3, 0.4) is 0 Å². The fourth-order valence-electron chi connectivity index (χ4n) is 2.50. The van der Waals surface area contributed by atoms with Gasteiger partial charge in [0.1, 0.15) is 0 Å². The summed E-state index contributed by atoms with van der Waals surface area (Å²) in [5, 5.41) is 0. The van der Waals surface area contributed by atoms with Crippen LogP contribution in [0, 0.1) is 5.82 Å². The molecule has 1 aliphatic rings. The summed E-state index contributed by atoms with van der Waals surface area (Å²) in [6, 6.07) is 6.53. The van der Waals surface area contributed by atoms with Crippen LogP contribution in [0.15, 0.2) is 24.3 Å². The van der Waals surface area contributed by atoms with Crippen molar-refractivity contribution in [3.05, 3.63) is 30.1 Å². The fourth-order valence-corrected chi connectivity index (χ4v) is 2.50. The molecule has 1 fully saturated rings. The number of rotatable bonds is 5. The standard InChI is InChI=1S/C15H22FNO2/c1-12-10-17(11-13(2)19-12)8-5-9-18-15-7-4-3-6-14(15)16/h3-4,6-7,12-13H,5,8-11H2,1-2H3/t12-,13+. The summed E-state index contributed by atoms with van der Waals surface area (Å²) >= 11 is 0. The number of benzene rings is 1. The lowest BCUT2D eigenvalue weighted by Gasteiger charge is -2.35. The first-order valence-electron chi connectivity index (χ1n) is 6.90. The fraction of sp³-hybridized carbons (Fsp3) is 0.600. The summed E-state index contributed by atoms with van der Waals surface area (Å²) in [6.07, 6.45) is 1.47. The second-order valence-electron chi connectivity index (χ2n) is 5.15. The maximum atomic E-state index is 13.3. The average molecular weight is 267 g/mol. The molecule has 3 nitrogen and oxygen atoms in total. The van der Waals surface area contributed by atoms with E-state index in [4.69, 9.17) is 9.47 Å². The summed E-state index contributed by atoms with van der Waals surface area (Å²) in [5.74, 6) is 0.0438. The molecule has 4 heteroatoms. The lowest BCUT2D eigenvalue weighted by atomic mass is 10.2. The first-order chi connectivity index (χ1) is 9.15. The zero-order chi connectivity index (χ0) is 13.7. The number of hydrogen-bond acceptors (Lipinski definition) is 3. The van der Waals surface area contributed by atoms with Gasteiger partial charge in [-0.3, -0.25) is 4.90 Å². The summed E-state index contributed by atoms with van der Waals surface area (Å²) in [6.45, 7) is 7.62. The molecular formula is C15H22FNO2. The van der Waals surface area contributed by atoms with Crippen molar-refractivity contribution in [2.75, 3.05) is 26.2 Å². The zero-order valence-electron chi connectivity index (χ0n) is 11.6. The number of morpholine rings is 1. The second kappa shape index (κ2) is 6.87. The molecule has 106 valence electrons. The minimum atomic E-state index is -0.295. The number of ether oxygens (including phenoxy) is 2. The largest absolute Gasteiger partial charge is 0.490 e. The number of halogens is 1. The van der Waals surface area contributed by atoms with E-state index >= 15 is 0 Å². The van der Waals surface area contributed by atoms with Gasteiger partial charge in [-0.1, -0.05) is 12.1 Å². The van der Waals surface area contributed by atoms with Crippen LogP contribution in [-0.2, 0) is 4.74 Å². The van der Waals surface area contributed by atoms with Gasteiger partial charge in [-0.15, -0.1) is 0 Å². The van der Waals surface area contributed by atoms with Gasteiger partial charge < -0.3 is 9.47 Å². The van der Waals surface area contributed by atoms with E-state index in [0.717, 1.165) is 26.1 Å². The normalized spacial score (nSPS) is 24.4. The van der Waals surface area contributed by atoms with Gasteiger partial charge >= 0.3 is 0 Å². The third kappa shape index (κ3) is 4.48. The van der Waals surface area contributed by atoms with Gasteiger partial charge in [0.05, 0.1) is 18.8 Å². The number of para-hydroxylation sites is 1. The molecule has 0 spiro atoms. The van der Waals surface area contributed by atoms with E-state index in [9.17, 15) is 4.39 Å². The van der Waals surface area contributed by atoms with Crippen molar-refractivity contribution in [1.82, 2.24) is 4.90 Å². The van der Waals surface area contributed by atoms with Gasteiger partial charge in [-0.25, -0.2) is 4.39 Å². The van der Waals surface area contributed by atoms with Crippen LogP contribution < -0.4 is 4.74 Å². The Labute approximate surface area is 114 Å². The van der Waals surface area contributed by atoms with Crippen molar-refractivity contribution >= 4 is 0 Å². The van der Waals surface area contributed by atoms with Gasteiger partial charge in [0.2, 0.25) is 0 Å². The van der Waals surface area contributed by atoms with Gasteiger partial charge in [-0.2, -0.15) is 0 Å². The average Bonchev–Trinajstić information content (AvgIpc) is 2.35. The van der Waals surface area contributed by atoms with Gasteiger partial charge in [0.25, 0.3) is 0 Å². The van der Waals surface area contributed by atoms with Gasteiger partial charge in [-0.05, 0) is 32.4 Å². The Morgan fingerprint density at radius 1 is 1.26 bits per heavy atom. The number of hydrogen-bond donors (Lipinski definition) is 0. The van der Waals surface area contributed by atoms with Crippen LogP contribution in [-0.4, -0.2) is 43.3 Å². The van der Waals surface area contributed by atoms with E-state index in [1.807, 2.05) is 0 Å². The molecule has 2 atom stereocenters. The van der Waals surface area contributed by atoms with E-state index < -0.39 is 0 Å². The van der Waals surface area contributed by atoms with E-state index in [1.165, 1.54) is 6.07 Å². The molecule has 1 aromatic rings. The van der Waals surface area contributed by atoms with Crippen molar-refractivity contribution in [1.29, 1.82) is 0 Å². The van der Waals surface area contributed by atoms with Crippen molar-refractivity contribution in [2.24, 2.45) is 0 Å². The van der Waals surface area contributed by atoms with Crippen LogP contribution >= 0.6 is 0 Å². The highest BCUT2D eigenvalue weighted by Gasteiger charge is 2.21. The molecule has 1 heterocycles. The Balaban J connectivity index is 1.68. The van der Waals surface area contributed by atoms with Crippen molar-refractivity contribution in [2.45, 2.75) is 32.5 Å². The molecule has 1 aliphatic heterocycles. The zero-order valence-corrected chi connectivity index (χ0v) is 11.6. The van der Waals surface area contributed by atoms with Crippen LogP contribution in [0.2, 0.25) is 0 Å². The quantitative estimate of drug-likeness (QED) is 0.766. The summed E-state index contributed by atoms with van der Waals surface area (Å²) in [4.78, 5) is 2.38. The first-order valence-corrected chi connectivity index (χ1v) is 6.90. The van der Waals surface area contributed by atoms with Crippen molar-refractivity contribution in [3.8, 4) is 5.75 Å². The number of nitrogens with zero attached hydrogens (tertiary/aromatic N) is 1. The monoisotopic (exact) mass is 267 g/mol. The Morgan fingerprint density at radius 2 is 1.95 bits per heavy atom. The smallest absolute Gasteiger partial charge is 0.165 e.